The van der Waals surface area contributed by atoms with Crippen molar-refractivity contribution in [3.05, 3.63) is 28.8 Å². The first-order valence-corrected chi connectivity index (χ1v) is 6.39. The molecule has 0 aliphatic heterocycles. The van der Waals surface area contributed by atoms with Crippen LogP contribution in [-0.2, 0) is 19.1 Å². The van der Waals surface area contributed by atoms with Gasteiger partial charge in [0.2, 0.25) is 0 Å². The van der Waals surface area contributed by atoms with Crippen molar-refractivity contribution in [2.45, 2.75) is 13.0 Å². The van der Waals surface area contributed by atoms with Crippen molar-refractivity contribution in [2.75, 3.05) is 19.0 Å². The van der Waals surface area contributed by atoms with Crippen molar-refractivity contribution in [1.29, 1.82) is 0 Å². The predicted molar refractivity (Wildman–Crippen MR) is 76.0 cm³/mol. The number of methoxy groups -OCH3 is 1. The van der Waals surface area contributed by atoms with E-state index in [2.05, 4.69) is 14.8 Å². The van der Waals surface area contributed by atoms with Crippen LogP contribution in [-0.4, -0.2) is 37.6 Å². The highest BCUT2D eigenvalue weighted by molar-refractivity contribution is 6.34. The summed E-state index contributed by atoms with van der Waals surface area (Å²) in [7, 11) is 1.23. The van der Waals surface area contributed by atoms with Gasteiger partial charge in [0.25, 0.3) is 5.91 Å². The molecule has 0 heterocycles. The van der Waals surface area contributed by atoms with E-state index in [0.717, 1.165) is 0 Å². The third-order valence-corrected chi connectivity index (χ3v) is 2.80. The second-order valence-corrected chi connectivity index (χ2v) is 4.31. The van der Waals surface area contributed by atoms with Crippen LogP contribution in [0.2, 0.25) is 5.02 Å². The predicted octanol–water partition coefficient (Wildman–Crippen LogP) is 0.956. The number of rotatable bonds is 5. The number of amides is 1. The van der Waals surface area contributed by atoms with Crippen LogP contribution in [0, 0.1) is 0 Å². The quantitative estimate of drug-likeness (QED) is 0.619. The summed E-state index contributed by atoms with van der Waals surface area (Å²) in [6.45, 7) is 1.71. The van der Waals surface area contributed by atoms with Gasteiger partial charge in [-0.3, -0.25) is 4.79 Å². The Morgan fingerprint density at radius 1 is 1.38 bits per heavy atom. The molecule has 0 saturated carbocycles. The molecule has 0 saturated heterocycles. The highest BCUT2D eigenvalue weighted by Crippen LogP contribution is 2.23. The van der Waals surface area contributed by atoms with Gasteiger partial charge in [0, 0.05) is 0 Å². The van der Waals surface area contributed by atoms with Gasteiger partial charge < -0.3 is 20.5 Å². The largest absolute Gasteiger partial charge is 0.465 e. The van der Waals surface area contributed by atoms with Crippen LogP contribution < -0.4 is 11.1 Å². The van der Waals surface area contributed by atoms with Crippen molar-refractivity contribution < 1.29 is 23.9 Å². The Kier molecular flexibility index (Phi) is 6.13. The topological polar surface area (TPSA) is 108 Å². The van der Waals surface area contributed by atoms with Gasteiger partial charge in [0.15, 0.2) is 6.04 Å². The lowest BCUT2D eigenvalue weighted by atomic mass is 10.2. The fraction of sp³-hybridized carbons (Fsp3) is 0.308. The molecule has 1 amide bonds. The number of halogens is 1. The SMILES string of the molecule is CCOC(=O)C(N)C(=O)Nc1cc(C(=O)OC)ccc1Cl. The number of carbonyl (C=O) groups is 3. The summed E-state index contributed by atoms with van der Waals surface area (Å²) in [6, 6.07) is 2.70. The molecule has 1 aromatic carbocycles. The van der Waals surface area contributed by atoms with E-state index >= 15 is 0 Å². The van der Waals surface area contributed by atoms with Crippen LogP contribution in [0.25, 0.3) is 0 Å². The zero-order valence-corrected chi connectivity index (χ0v) is 12.3. The first-order valence-electron chi connectivity index (χ1n) is 6.01. The van der Waals surface area contributed by atoms with Crippen LogP contribution in [0.5, 0.6) is 0 Å². The number of carbonyl (C=O) groups excluding carboxylic acids is 3. The Hall–Kier alpha value is -2.12. The van der Waals surface area contributed by atoms with Crippen molar-refractivity contribution >= 4 is 35.1 Å². The van der Waals surface area contributed by atoms with Crippen molar-refractivity contribution in [1.82, 2.24) is 0 Å². The molecule has 1 rings (SSSR count). The minimum absolute atomic E-state index is 0.110. The van der Waals surface area contributed by atoms with Crippen molar-refractivity contribution in [2.24, 2.45) is 5.73 Å². The van der Waals surface area contributed by atoms with Gasteiger partial charge >= 0.3 is 11.9 Å². The number of anilines is 1. The zero-order valence-electron chi connectivity index (χ0n) is 11.5. The van der Waals surface area contributed by atoms with E-state index in [1.54, 1.807) is 6.92 Å². The minimum atomic E-state index is -1.48. The van der Waals surface area contributed by atoms with E-state index in [0.29, 0.717) is 0 Å². The third kappa shape index (κ3) is 4.44. The Morgan fingerprint density at radius 3 is 2.62 bits per heavy atom. The van der Waals surface area contributed by atoms with Crippen LogP contribution in [0.15, 0.2) is 18.2 Å². The number of benzene rings is 1. The molecule has 21 heavy (non-hydrogen) atoms. The molecule has 7 nitrogen and oxygen atoms in total. The number of ether oxygens (including phenoxy) is 2. The number of hydrogen-bond acceptors (Lipinski definition) is 6. The van der Waals surface area contributed by atoms with E-state index in [1.807, 2.05) is 0 Å². The van der Waals surface area contributed by atoms with Gasteiger partial charge in [0.1, 0.15) is 0 Å². The standard InChI is InChI=1S/C13H15ClN2O5/c1-3-21-13(19)10(15)11(17)16-9-6-7(12(18)20-2)4-5-8(9)14/h4-6,10H,3,15H2,1-2H3,(H,16,17). The third-order valence-electron chi connectivity index (χ3n) is 2.47. The van der Waals surface area contributed by atoms with Crippen LogP contribution in [0.3, 0.4) is 0 Å². The highest BCUT2D eigenvalue weighted by atomic mass is 35.5. The number of esters is 2. The minimum Gasteiger partial charge on any atom is -0.465 e. The highest BCUT2D eigenvalue weighted by Gasteiger charge is 2.24. The van der Waals surface area contributed by atoms with Gasteiger partial charge in [0.05, 0.1) is 30.0 Å². The lowest BCUT2D eigenvalue weighted by Gasteiger charge is -2.12. The molecule has 0 fully saturated rings. The summed E-state index contributed by atoms with van der Waals surface area (Å²) in [6.07, 6.45) is 0. The Balaban J connectivity index is 2.89. The smallest absolute Gasteiger partial charge is 0.337 e. The van der Waals surface area contributed by atoms with Gasteiger partial charge in [-0.2, -0.15) is 0 Å². The van der Waals surface area contributed by atoms with E-state index < -0.39 is 23.9 Å². The summed E-state index contributed by atoms with van der Waals surface area (Å²) in [4.78, 5) is 34.6. The molecule has 1 aromatic rings. The molecule has 1 unspecified atom stereocenters. The maximum Gasteiger partial charge on any atom is 0.337 e. The average Bonchev–Trinajstić information content (AvgIpc) is 2.47. The fourth-order valence-corrected chi connectivity index (χ4v) is 1.58. The average molecular weight is 315 g/mol. The van der Waals surface area contributed by atoms with Crippen LogP contribution >= 0.6 is 11.6 Å². The second kappa shape index (κ2) is 7.61. The van der Waals surface area contributed by atoms with E-state index in [9.17, 15) is 14.4 Å². The molecule has 0 bridgehead atoms. The first-order chi connectivity index (χ1) is 9.90. The van der Waals surface area contributed by atoms with Gasteiger partial charge in [-0.05, 0) is 25.1 Å². The van der Waals surface area contributed by atoms with Gasteiger partial charge in [-0.15, -0.1) is 0 Å². The fourth-order valence-electron chi connectivity index (χ4n) is 1.42. The summed E-state index contributed by atoms with van der Waals surface area (Å²) in [5.41, 5.74) is 5.79. The Morgan fingerprint density at radius 2 is 2.05 bits per heavy atom. The summed E-state index contributed by atoms with van der Waals surface area (Å²) >= 11 is 5.91. The van der Waals surface area contributed by atoms with Crippen LogP contribution in [0.4, 0.5) is 5.69 Å². The maximum atomic E-state index is 11.8. The molecule has 0 aliphatic carbocycles. The zero-order chi connectivity index (χ0) is 16.0. The monoisotopic (exact) mass is 314 g/mol. The number of nitrogens with one attached hydrogen (secondary N) is 1. The van der Waals surface area contributed by atoms with E-state index in [4.69, 9.17) is 17.3 Å². The molecule has 8 heteroatoms. The number of hydrogen-bond donors (Lipinski definition) is 2. The number of nitrogens with two attached hydrogens (primary N) is 1. The lowest BCUT2D eigenvalue weighted by Crippen LogP contribution is -2.43. The molecule has 114 valence electrons. The van der Waals surface area contributed by atoms with Gasteiger partial charge in [-0.25, -0.2) is 9.59 Å². The molecule has 1 atom stereocenters. The second-order valence-electron chi connectivity index (χ2n) is 3.91. The van der Waals surface area contributed by atoms with Crippen molar-refractivity contribution in [3.63, 3.8) is 0 Å². The maximum absolute atomic E-state index is 11.8. The molecule has 3 N–H and O–H groups in total. The lowest BCUT2D eigenvalue weighted by molar-refractivity contribution is -0.146. The molecule has 0 aliphatic rings. The van der Waals surface area contributed by atoms with E-state index in [1.165, 1.54) is 25.3 Å². The summed E-state index contributed by atoms with van der Waals surface area (Å²) in [5, 5.41) is 2.55. The normalized spacial score (nSPS) is 11.4. The van der Waals surface area contributed by atoms with Gasteiger partial charge in [-0.1, -0.05) is 11.6 Å². The molecular formula is C13H15ClN2O5. The molecule has 0 aromatic heterocycles. The Bertz CT molecular complexity index is 561. The Labute approximate surface area is 126 Å². The van der Waals surface area contributed by atoms with Crippen LogP contribution in [0.1, 0.15) is 17.3 Å². The first kappa shape index (κ1) is 16.9. The van der Waals surface area contributed by atoms with E-state index in [-0.39, 0.29) is 22.9 Å². The summed E-state index contributed by atoms with van der Waals surface area (Å²) in [5.74, 6) is -2.23. The van der Waals surface area contributed by atoms with Crippen molar-refractivity contribution in [3.8, 4) is 0 Å². The molecule has 0 spiro atoms. The molecule has 0 radical (unpaired) electrons. The molecular weight excluding hydrogens is 300 g/mol. The summed E-state index contributed by atoms with van der Waals surface area (Å²) < 4.78 is 9.20.